The number of piperidine rings is 1. The summed E-state index contributed by atoms with van der Waals surface area (Å²) in [7, 11) is 0. The van der Waals surface area contributed by atoms with E-state index in [1.54, 1.807) is 6.07 Å². The van der Waals surface area contributed by atoms with Crippen LogP contribution in [0.1, 0.15) is 36.0 Å². The molecule has 1 aromatic rings. The molecule has 5 nitrogen and oxygen atoms in total. The van der Waals surface area contributed by atoms with Gasteiger partial charge in [0, 0.05) is 18.2 Å². The molecule has 3 rings (SSSR count). The van der Waals surface area contributed by atoms with Crippen LogP contribution in [0.2, 0.25) is 0 Å². The molecule has 3 N–H and O–H groups in total. The molecule has 0 radical (unpaired) electrons. The summed E-state index contributed by atoms with van der Waals surface area (Å²) in [5.41, 5.74) is 0.450. The van der Waals surface area contributed by atoms with Gasteiger partial charge in [-0.1, -0.05) is 0 Å². The van der Waals surface area contributed by atoms with E-state index in [1.807, 2.05) is 4.90 Å². The average Bonchev–Trinajstić information content (AvgIpc) is 3.33. The quantitative estimate of drug-likeness (QED) is 0.738. The molecule has 1 saturated heterocycles. The Bertz CT molecular complexity index is 522. The molecule has 0 bridgehead atoms. The van der Waals surface area contributed by atoms with Crippen LogP contribution in [0.15, 0.2) is 18.2 Å². The van der Waals surface area contributed by atoms with Crippen molar-refractivity contribution in [3.63, 3.8) is 0 Å². The normalized spacial score (nSPS) is 19.4. The minimum absolute atomic E-state index is 0.0358. The highest BCUT2D eigenvalue weighted by atomic mass is 16.3. The molecule has 21 heavy (non-hydrogen) atoms. The number of hydrogen-bond acceptors (Lipinski definition) is 4. The Balaban J connectivity index is 1.73. The first-order chi connectivity index (χ1) is 10.1. The van der Waals surface area contributed by atoms with Crippen LogP contribution >= 0.6 is 0 Å². The van der Waals surface area contributed by atoms with Crippen molar-refractivity contribution in [1.82, 2.24) is 10.2 Å². The smallest absolute Gasteiger partial charge is 0.254 e. The largest absolute Gasteiger partial charge is 0.504 e. The molecule has 1 saturated carbocycles. The summed E-state index contributed by atoms with van der Waals surface area (Å²) < 4.78 is 0. The van der Waals surface area contributed by atoms with Gasteiger partial charge in [0.15, 0.2) is 11.5 Å². The zero-order valence-corrected chi connectivity index (χ0v) is 12.1. The molecule has 1 heterocycles. The lowest BCUT2D eigenvalue weighted by Crippen LogP contribution is -2.40. The molecule has 1 aliphatic heterocycles. The molecule has 1 aromatic carbocycles. The lowest BCUT2D eigenvalue weighted by molar-refractivity contribution is 0.0701. The van der Waals surface area contributed by atoms with Crippen molar-refractivity contribution in [2.24, 2.45) is 5.92 Å². The minimum Gasteiger partial charge on any atom is -0.504 e. The number of phenols is 2. The maximum atomic E-state index is 12.7. The molecular formula is C16H22N2O3. The molecule has 2 aliphatic rings. The minimum atomic E-state index is -0.238. The Hall–Kier alpha value is -1.75. The van der Waals surface area contributed by atoms with Crippen molar-refractivity contribution in [3.8, 4) is 11.5 Å². The second-order valence-electron chi connectivity index (χ2n) is 6.09. The number of nitrogens with zero attached hydrogens (tertiary/aromatic N) is 1. The second-order valence-corrected chi connectivity index (χ2v) is 6.09. The van der Waals surface area contributed by atoms with E-state index in [0.717, 1.165) is 45.3 Å². The van der Waals surface area contributed by atoms with Gasteiger partial charge >= 0.3 is 0 Å². The average molecular weight is 290 g/mol. The first-order valence-electron chi connectivity index (χ1n) is 7.69. The van der Waals surface area contributed by atoms with Crippen molar-refractivity contribution in [2.45, 2.75) is 31.7 Å². The maximum absolute atomic E-state index is 12.7. The summed E-state index contributed by atoms with van der Waals surface area (Å²) in [6, 6.07) is 4.66. The molecule has 0 spiro atoms. The Morgan fingerprint density at radius 1 is 1.14 bits per heavy atom. The molecule has 114 valence electrons. The van der Waals surface area contributed by atoms with E-state index in [1.165, 1.54) is 12.1 Å². The second kappa shape index (κ2) is 5.93. The Labute approximate surface area is 124 Å². The van der Waals surface area contributed by atoms with Crippen LogP contribution in [-0.2, 0) is 0 Å². The van der Waals surface area contributed by atoms with Crippen LogP contribution in [0, 0.1) is 5.92 Å². The summed E-state index contributed by atoms with van der Waals surface area (Å²) in [5.74, 6) is 0.0918. The standard InChI is InChI=1S/C16H22N2O3/c19-14-4-1-12(9-15(14)20)16(21)18(13-2-3-13)10-11-5-7-17-8-6-11/h1,4,9,11,13,17,19-20H,2-3,5-8,10H2. The van der Waals surface area contributed by atoms with Gasteiger partial charge in [0.2, 0.25) is 0 Å². The van der Waals surface area contributed by atoms with E-state index in [9.17, 15) is 15.0 Å². The van der Waals surface area contributed by atoms with Crippen molar-refractivity contribution >= 4 is 5.91 Å². The summed E-state index contributed by atoms with van der Waals surface area (Å²) in [6.07, 6.45) is 4.36. The van der Waals surface area contributed by atoms with Crippen molar-refractivity contribution in [1.29, 1.82) is 0 Å². The third kappa shape index (κ3) is 3.29. The molecule has 5 heteroatoms. The van der Waals surface area contributed by atoms with Gasteiger partial charge in [0.25, 0.3) is 5.91 Å². The van der Waals surface area contributed by atoms with E-state index >= 15 is 0 Å². The van der Waals surface area contributed by atoms with Gasteiger partial charge in [0.1, 0.15) is 0 Å². The molecule has 0 unspecified atom stereocenters. The van der Waals surface area contributed by atoms with E-state index in [0.29, 0.717) is 17.5 Å². The number of nitrogens with one attached hydrogen (secondary N) is 1. The van der Waals surface area contributed by atoms with Gasteiger partial charge in [-0.05, 0) is 62.9 Å². The number of rotatable bonds is 4. The summed E-state index contributed by atoms with van der Waals surface area (Å²) in [4.78, 5) is 14.6. The SMILES string of the molecule is O=C(c1ccc(O)c(O)c1)N(CC1CCNCC1)C1CC1. The Morgan fingerprint density at radius 2 is 1.86 bits per heavy atom. The zero-order valence-electron chi connectivity index (χ0n) is 12.1. The molecule has 0 atom stereocenters. The molecule has 1 aliphatic carbocycles. The van der Waals surface area contributed by atoms with E-state index in [-0.39, 0.29) is 17.4 Å². The highest BCUT2D eigenvalue weighted by Crippen LogP contribution is 2.32. The van der Waals surface area contributed by atoms with Gasteiger partial charge < -0.3 is 20.4 Å². The fraction of sp³-hybridized carbons (Fsp3) is 0.562. The fourth-order valence-corrected chi connectivity index (χ4v) is 2.95. The van der Waals surface area contributed by atoms with Gasteiger partial charge in [-0.25, -0.2) is 0 Å². The van der Waals surface area contributed by atoms with Crippen molar-refractivity contribution in [3.05, 3.63) is 23.8 Å². The zero-order chi connectivity index (χ0) is 14.8. The number of aromatic hydroxyl groups is 2. The predicted octanol–water partition coefficient (Wildman–Crippen LogP) is 1.70. The van der Waals surface area contributed by atoms with E-state index in [4.69, 9.17) is 0 Å². The number of amides is 1. The van der Waals surface area contributed by atoms with Crippen LogP contribution in [0.25, 0.3) is 0 Å². The van der Waals surface area contributed by atoms with Crippen LogP contribution in [0.3, 0.4) is 0 Å². The van der Waals surface area contributed by atoms with Crippen molar-refractivity contribution in [2.75, 3.05) is 19.6 Å². The topological polar surface area (TPSA) is 72.8 Å². The Morgan fingerprint density at radius 3 is 2.48 bits per heavy atom. The molecular weight excluding hydrogens is 268 g/mol. The molecule has 0 aromatic heterocycles. The van der Waals surface area contributed by atoms with Crippen LogP contribution in [-0.4, -0.2) is 46.7 Å². The van der Waals surface area contributed by atoms with E-state index in [2.05, 4.69) is 5.32 Å². The van der Waals surface area contributed by atoms with Gasteiger partial charge in [-0.15, -0.1) is 0 Å². The van der Waals surface area contributed by atoms with Crippen LogP contribution < -0.4 is 5.32 Å². The van der Waals surface area contributed by atoms with Crippen LogP contribution in [0.5, 0.6) is 11.5 Å². The van der Waals surface area contributed by atoms with Gasteiger partial charge in [0.05, 0.1) is 0 Å². The monoisotopic (exact) mass is 290 g/mol. The lowest BCUT2D eigenvalue weighted by Gasteiger charge is -2.30. The van der Waals surface area contributed by atoms with Crippen molar-refractivity contribution < 1.29 is 15.0 Å². The highest BCUT2D eigenvalue weighted by Gasteiger charge is 2.34. The first kappa shape index (κ1) is 14.2. The molecule has 1 amide bonds. The number of phenolic OH excluding ortho intramolecular Hbond substituents is 2. The lowest BCUT2D eigenvalue weighted by atomic mass is 9.97. The van der Waals surface area contributed by atoms with Gasteiger partial charge in [-0.2, -0.15) is 0 Å². The van der Waals surface area contributed by atoms with Gasteiger partial charge in [-0.3, -0.25) is 4.79 Å². The Kier molecular flexibility index (Phi) is 4.01. The number of carbonyl (C=O) groups is 1. The number of carbonyl (C=O) groups excluding carboxylic acids is 1. The maximum Gasteiger partial charge on any atom is 0.254 e. The number of benzene rings is 1. The third-order valence-corrected chi connectivity index (χ3v) is 4.38. The fourth-order valence-electron chi connectivity index (χ4n) is 2.95. The summed E-state index contributed by atoms with van der Waals surface area (Å²) >= 11 is 0. The predicted molar refractivity (Wildman–Crippen MR) is 79.4 cm³/mol. The highest BCUT2D eigenvalue weighted by molar-refractivity contribution is 5.95. The third-order valence-electron chi connectivity index (χ3n) is 4.38. The summed E-state index contributed by atoms with van der Waals surface area (Å²) in [5, 5.41) is 22.3. The first-order valence-corrected chi connectivity index (χ1v) is 7.69. The van der Waals surface area contributed by atoms with E-state index < -0.39 is 0 Å². The van der Waals surface area contributed by atoms with Crippen LogP contribution in [0.4, 0.5) is 0 Å². The molecule has 2 fully saturated rings. The summed E-state index contributed by atoms with van der Waals surface area (Å²) in [6.45, 7) is 2.85. The number of hydrogen-bond donors (Lipinski definition) is 3.